The number of fused-ring (bicyclic) bond motifs is 1. The van der Waals surface area contributed by atoms with Crippen molar-refractivity contribution in [2.75, 3.05) is 5.73 Å². The second kappa shape index (κ2) is 5.99. The van der Waals surface area contributed by atoms with Crippen LogP contribution in [-0.4, -0.2) is 25.0 Å². The van der Waals surface area contributed by atoms with Gasteiger partial charge in [0.25, 0.3) is 0 Å². The Morgan fingerprint density at radius 3 is 2.75 bits per heavy atom. The summed E-state index contributed by atoms with van der Waals surface area (Å²) in [7, 11) is 0. The Balaban J connectivity index is 2.30. The van der Waals surface area contributed by atoms with Crippen LogP contribution in [0.25, 0.3) is 11.2 Å². The molecule has 0 bridgehead atoms. The van der Waals surface area contributed by atoms with Gasteiger partial charge in [0.15, 0.2) is 10.8 Å². The highest BCUT2D eigenvalue weighted by Gasteiger charge is 2.22. The van der Waals surface area contributed by atoms with Gasteiger partial charge in [0.1, 0.15) is 11.3 Å². The summed E-state index contributed by atoms with van der Waals surface area (Å²) in [6.07, 6.45) is 0. The molecule has 3 rings (SSSR count). The number of hydrogen-bond donors (Lipinski definition) is 1. The Hall–Kier alpha value is -2.26. The molecule has 1 aromatic carbocycles. The molecule has 7 nitrogen and oxygen atoms in total. The molecular weight excluding hydrogens is 405 g/mol. The lowest BCUT2D eigenvalue weighted by Crippen LogP contribution is -2.28. The summed E-state index contributed by atoms with van der Waals surface area (Å²) in [5, 5.41) is -0.125. The van der Waals surface area contributed by atoms with E-state index in [2.05, 4.69) is 25.9 Å². The molecule has 24 heavy (non-hydrogen) atoms. The molecule has 2 aromatic heterocycles. The third-order valence-corrected chi connectivity index (χ3v) is 4.16. The number of nitrogens with two attached hydrogens (primary N) is 1. The minimum atomic E-state index is -0.693. The molecule has 2 heterocycles. The first-order valence-electron chi connectivity index (χ1n) is 6.68. The summed E-state index contributed by atoms with van der Waals surface area (Å²) in [4.78, 5) is 32.1. The summed E-state index contributed by atoms with van der Waals surface area (Å²) >= 11 is 9.18. The molecule has 124 valence electrons. The maximum Gasteiger partial charge on any atom is 0.337 e. The van der Waals surface area contributed by atoms with Crippen molar-refractivity contribution in [1.82, 2.24) is 19.1 Å². The fourth-order valence-electron chi connectivity index (χ4n) is 2.37. The molecule has 2 N–H and O–H groups in total. The van der Waals surface area contributed by atoms with Crippen molar-refractivity contribution in [2.24, 2.45) is 0 Å². The number of nitrogens with zero attached hydrogens (tertiary/aromatic N) is 4. The highest BCUT2D eigenvalue weighted by molar-refractivity contribution is 9.10. The van der Waals surface area contributed by atoms with E-state index in [-0.39, 0.29) is 34.4 Å². The van der Waals surface area contributed by atoms with Crippen molar-refractivity contribution in [3.8, 4) is 0 Å². The molecule has 0 aliphatic heterocycles. The third-order valence-electron chi connectivity index (χ3n) is 3.40. The van der Waals surface area contributed by atoms with Crippen molar-refractivity contribution in [2.45, 2.75) is 13.5 Å². The Bertz CT molecular complexity index is 1050. The van der Waals surface area contributed by atoms with E-state index in [1.807, 2.05) is 0 Å². The van der Waals surface area contributed by atoms with E-state index < -0.39 is 17.4 Å². The van der Waals surface area contributed by atoms with Crippen LogP contribution in [-0.2, 0) is 6.54 Å². The molecule has 0 saturated heterocycles. The first-order valence-corrected chi connectivity index (χ1v) is 7.86. The number of rotatable bonds is 2. The Morgan fingerprint density at radius 1 is 1.42 bits per heavy atom. The number of halogens is 3. The van der Waals surface area contributed by atoms with Crippen LogP contribution in [0.4, 0.5) is 10.3 Å². The number of imidazole rings is 1. The van der Waals surface area contributed by atoms with Crippen LogP contribution in [0.15, 0.2) is 27.5 Å². The van der Waals surface area contributed by atoms with Crippen molar-refractivity contribution in [1.29, 1.82) is 0 Å². The van der Waals surface area contributed by atoms with Crippen LogP contribution in [0.1, 0.15) is 17.3 Å². The van der Waals surface area contributed by atoms with Crippen molar-refractivity contribution >= 4 is 50.6 Å². The normalized spacial score (nSPS) is 11.2. The predicted octanol–water partition coefficient (Wildman–Crippen LogP) is 2.44. The first kappa shape index (κ1) is 16.6. The van der Waals surface area contributed by atoms with Gasteiger partial charge in [-0.3, -0.25) is 9.36 Å². The van der Waals surface area contributed by atoms with Crippen LogP contribution in [0, 0.1) is 5.82 Å². The zero-order valence-electron chi connectivity index (χ0n) is 12.3. The van der Waals surface area contributed by atoms with E-state index in [9.17, 15) is 14.0 Å². The largest absolute Gasteiger partial charge is 0.368 e. The number of carbonyl (C=O) groups excluding carboxylic acids is 1. The lowest BCUT2D eigenvalue weighted by Gasteiger charge is -2.05. The van der Waals surface area contributed by atoms with Crippen LogP contribution < -0.4 is 11.4 Å². The average molecular weight is 415 g/mol. The molecule has 0 aliphatic carbocycles. The average Bonchev–Trinajstić information content (AvgIpc) is 2.75. The molecule has 0 saturated carbocycles. The van der Waals surface area contributed by atoms with Crippen molar-refractivity contribution in [3.05, 3.63) is 49.7 Å². The van der Waals surface area contributed by atoms with Gasteiger partial charge < -0.3 is 5.73 Å². The Labute approximate surface area is 148 Å². The zero-order valence-corrected chi connectivity index (χ0v) is 14.6. The van der Waals surface area contributed by atoms with Gasteiger partial charge in [-0.25, -0.2) is 13.8 Å². The van der Waals surface area contributed by atoms with Crippen LogP contribution in [0.3, 0.4) is 0 Å². The lowest BCUT2D eigenvalue weighted by atomic mass is 10.2. The van der Waals surface area contributed by atoms with Crippen LogP contribution >= 0.6 is 27.5 Å². The number of hydrogen-bond acceptors (Lipinski definition) is 5. The fourth-order valence-corrected chi connectivity index (χ4v) is 2.96. The highest BCUT2D eigenvalue weighted by Crippen LogP contribution is 2.22. The van der Waals surface area contributed by atoms with Gasteiger partial charge in [0.05, 0.1) is 6.54 Å². The smallest absolute Gasteiger partial charge is 0.337 e. The molecule has 0 amide bonds. The van der Waals surface area contributed by atoms with Gasteiger partial charge >= 0.3 is 5.69 Å². The molecule has 0 spiro atoms. The molecule has 0 atom stereocenters. The highest BCUT2D eigenvalue weighted by atomic mass is 79.9. The Morgan fingerprint density at radius 2 is 2.12 bits per heavy atom. The summed E-state index contributed by atoms with van der Waals surface area (Å²) in [6, 6.07) is 4.44. The number of benzene rings is 1. The minimum Gasteiger partial charge on any atom is -0.368 e. The monoisotopic (exact) mass is 413 g/mol. The van der Waals surface area contributed by atoms with Crippen molar-refractivity contribution in [3.63, 3.8) is 0 Å². The lowest BCUT2D eigenvalue weighted by molar-refractivity contribution is 0.0936. The van der Waals surface area contributed by atoms with E-state index in [1.54, 1.807) is 6.07 Å². The summed E-state index contributed by atoms with van der Waals surface area (Å²) in [6.45, 7) is 1.07. The molecule has 0 aliphatic rings. The number of anilines is 1. The standard InChI is InChI=1S/C14H10BrClFN5O2/c1-6(23)22-10-11(16)19-13(18)20-12(10)21(14(22)24)5-7-2-3-8(15)4-9(7)17/h2-4H,5H2,1H3,(H2,18,19,20). The number of aromatic nitrogens is 4. The second-order valence-corrected chi connectivity index (χ2v) is 6.28. The molecule has 0 unspecified atom stereocenters. The van der Waals surface area contributed by atoms with E-state index in [0.717, 1.165) is 9.13 Å². The summed E-state index contributed by atoms with van der Waals surface area (Å²) in [5.74, 6) is -1.22. The van der Waals surface area contributed by atoms with E-state index in [1.165, 1.54) is 19.1 Å². The quantitative estimate of drug-likeness (QED) is 0.650. The van der Waals surface area contributed by atoms with E-state index in [4.69, 9.17) is 17.3 Å². The van der Waals surface area contributed by atoms with Crippen LogP contribution in [0.5, 0.6) is 0 Å². The molecule has 10 heteroatoms. The van der Waals surface area contributed by atoms with Gasteiger partial charge in [-0.15, -0.1) is 0 Å². The third kappa shape index (κ3) is 2.69. The van der Waals surface area contributed by atoms with Gasteiger partial charge in [-0.2, -0.15) is 9.97 Å². The van der Waals surface area contributed by atoms with E-state index >= 15 is 0 Å². The van der Waals surface area contributed by atoms with Gasteiger partial charge in [0.2, 0.25) is 11.9 Å². The molecular formula is C14H10BrClFN5O2. The van der Waals surface area contributed by atoms with Gasteiger partial charge in [-0.05, 0) is 12.1 Å². The SMILES string of the molecule is CC(=O)n1c(=O)n(Cc2ccc(Br)cc2F)c2nc(N)nc(Cl)c21. The molecule has 0 radical (unpaired) electrons. The van der Waals surface area contributed by atoms with Gasteiger partial charge in [-0.1, -0.05) is 33.6 Å². The van der Waals surface area contributed by atoms with Crippen molar-refractivity contribution < 1.29 is 9.18 Å². The van der Waals surface area contributed by atoms with E-state index in [0.29, 0.717) is 4.47 Å². The topological polar surface area (TPSA) is 95.8 Å². The maximum atomic E-state index is 14.1. The summed E-state index contributed by atoms with van der Waals surface area (Å²) in [5.41, 5.74) is 5.24. The molecule has 0 fully saturated rings. The zero-order chi connectivity index (χ0) is 17.6. The maximum absolute atomic E-state index is 14.1. The fraction of sp³-hybridized carbons (Fsp3) is 0.143. The predicted molar refractivity (Wildman–Crippen MR) is 90.7 cm³/mol. The second-order valence-electron chi connectivity index (χ2n) is 5.00. The number of nitrogen functional groups attached to an aromatic ring is 1. The summed E-state index contributed by atoms with van der Waals surface area (Å²) < 4.78 is 16.6. The first-order chi connectivity index (χ1) is 11.3. The van der Waals surface area contributed by atoms with Crippen LogP contribution in [0.2, 0.25) is 5.15 Å². The number of carbonyl (C=O) groups is 1. The van der Waals surface area contributed by atoms with Gasteiger partial charge in [0, 0.05) is 17.0 Å². The Kier molecular flexibility index (Phi) is 4.14. The molecule has 3 aromatic rings. The minimum absolute atomic E-state index is 0.0425.